The average molecular weight is 427 g/mol. The van der Waals surface area contributed by atoms with Crippen LogP contribution in [0.5, 0.6) is 0 Å². The fourth-order valence-corrected chi connectivity index (χ4v) is 4.43. The van der Waals surface area contributed by atoms with Crippen molar-refractivity contribution in [1.82, 2.24) is 14.5 Å². The average Bonchev–Trinajstić information content (AvgIpc) is 3.32. The molecular formula is C17H19ClN4O3S2. The second kappa shape index (κ2) is 10.3. The Kier molecular flexibility index (Phi) is 8.14. The monoisotopic (exact) mass is 426 g/mol. The number of carbonyl (C=O) groups is 1. The second-order valence-corrected chi connectivity index (χ2v) is 8.13. The molecule has 7 nitrogen and oxygen atoms in total. The number of thiophene rings is 1. The minimum absolute atomic E-state index is 0.245. The molecule has 10 heteroatoms. The Bertz CT molecular complexity index is 898. The van der Waals surface area contributed by atoms with Crippen LogP contribution in [0, 0.1) is 0 Å². The third-order valence-electron chi connectivity index (χ3n) is 3.36. The molecule has 2 unspecified atom stereocenters. The SMILES string of the molecule is CN.O=C(O)C(Cc1ccccc1)NS(=O)c1ccc(-n2cc(Cl)cn2)s1. The van der Waals surface area contributed by atoms with Crippen LogP contribution in [0.15, 0.2) is 59.1 Å². The van der Waals surface area contributed by atoms with Crippen LogP contribution in [0.2, 0.25) is 5.02 Å². The van der Waals surface area contributed by atoms with Gasteiger partial charge in [0.05, 0.1) is 17.4 Å². The van der Waals surface area contributed by atoms with Crippen LogP contribution in [0.1, 0.15) is 5.56 Å². The largest absolute Gasteiger partial charge is 0.480 e. The summed E-state index contributed by atoms with van der Waals surface area (Å²) in [6, 6.07) is 11.7. The van der Waals surface area contributed by atoms with E-state index in [1.165, 1.54) is 24.6 Å². The van der Waals surface area contributed by atoms with Gasteiger partial charge in [0, 0.05) is 0 Å². The molecule has 3 rings (SSSR count). The van der Waals surface area contributed by atoms with Crippen molar-refractivity contribution in [1.29, 1.82) is 0 Å². The Morgan fingerprint density at radius 3 is 2.63 bits per heavy atom. The number of aliphatic carboxylic acids is 1. The summed E-state index contributed by atoms with van der Waals surface area (Å²) in [5.41, 5.74) is 5.36. The van der Waals surface area contributed by atoms with Gasteiger partial charge in [-0.1, -0.05) is 41.9 Å². The van der Waals surface area contributed by atoms with E-state index < -0.39 is 23.0 Å². The van der Waals surface area contributed by atoms with E-state index in [4.69, 9.17) is 11.6 Å². The van der Waals surface area contributed by atoms with Crippen molar-refractivity contribution in [3.05, 3.63) is 65.4 Å². The van der Waals surface area contributed by atoms with Crippen molar-refractivity contribution in [3.63, 3.8) is 0 Å². The number of carboxylic acids is 1. The van der Waals surface area contributed by atoms with Crippen LogP contribution in [0.25, 0.3) is 5.00 Å². The van der Waals surface area contributed by atoms with Gasteiger partial charge >= 0.3 is 5.97 Å². The first-order valence-electron chi connectivity index (χ1n) is 7.86. The maximum Gasteiger partial charge on any atom is 0.321 e. The molecule has 2 aromatic heterocycles. The van der Waals surface area contributed by atoms with Crippen LogP contribution < -0.4 is 10.5 Å². The molecule has 1 aromatic carbocycles. The third kappa shape index (κ3) is 5.98. The molecule has 27 heavy (non-hydrogen) atoms. The zero-order valence-electron chi connectivity index (χ0n) is 14.4. The Labute approximate surface area is 168 Å². The molecule has 0 aliphatic carbocycles. The standard InChI is InChI=1S/C16H14ClN3O3S2.CH5N/c17-12-9-18-20(10-12)14-6-7-15(24-14)25(23)19-13(16(21)22)8-11-4-2-1-3-5-11;1-2/h1-7,9-10,13,19H,8H2,(H,21,22);2H2,1H3. The molecule has 2 atom stereocenters. The molecule has 0 saturated heterocycles. The highest BCUT2D eigenvalue weighted by Crippen LogP contribution is 2.24. The summed E-state index contributed by atoms with van der Waals surface area (Å²) in [4.78, 5) is 11.5. The first-order valence-corrected chi connectivity index (χ1v) is 10.2. The summed E-state index contributed by atoms with van der Waals surface area (Å²) in [6.45, 7) is 0. The van der Waals surface area contributed by atoms with Crippen molar-refractivity contribution in [3.8, 4) is 5.00 Å². The molecule has 0 aliphatic heterocycles. The summed E-state index contributed by atoms with van der Waals surface area (Å²) in [5, 5.41) is 14.7. The number of aromatic nitrogens is 2. The van der Waals surface area contributed by atoms with Gasteiger partial charge in [0.2, 0.25) is 0 Å². The highest BCUT2D eigenvalue weighted by molar-refractivity contribution is 7.85. The van der Waals surface area contributed by atoms with E-state index in [1.54, 1.807) is 23.0 Å². The van der Waals surface area contributed by atoms with E-state index in [9.17, 15) is 14.1 Å². The zero-order chi connectivity index (χ0) is 19.8. The van der Waals surface area contributed by atoms with Crippen molar-refractivity contribution < 1.29 is 14.1 Å². The number of nitrogens with two attached hydrogens (primary N) is 1. The van der Waals surface area contributed by atoms with E-state index >= 15 is 0 Å². The van der Waals surface area contributed by atoms with E-state index in [0.717, 1.165) is 10.6 Å². The molecule has 0 spiro atoms. The number of halogens is 1. The molecule has 144 valence electrons. The van der Waals surface area contributed by atoms with Gasteiger partial charge in [0.15, 0.2) is 0 Å². The Morgan fingerprint density at radius 2 is 2.04 bits per heavy atom. The van der Waals surface area contributed by atoms with E-state index in [1.807, 2.05) is 30.3 Å². The van der Waals surface area contributed by atoms with Crippen molar-refractivity contribution in [2.45, 2.75) is 16.7 Å². The molecule has 4 N–H and O–H groups in total. The second-order valence-electron chi connectivity index (χ2n) is 5.16. The topological polar surface area (TPSA) is 110 Å². The van der Waals surface area contributed by atoms with Gasteiger partial charge in [-0.3, -0.25) is 4.79 Å². The lowest BCUT2D eigenvalue weighted by Gasteiger charge is -2.13. The van der Waals surface area contributed by atoms with Crippen LogP contribution in [-0.4, -0.2) is 38.2 Å². The maximum atomic E-state index is 12.5. The molecule has 0 fully saturated rings. The van der Waals surface area contributed by atoms with Gasteiger partial charge in [0.1, 0.15) is 26.2 Å². The molecule has 0 bridgehead atoms. The van der Waals surface area contributed by atoms with E-state index in [-0.39, 0.29) is 6.42 Å². The maximum absolute atomic E-state index is 12.5. The minimum atomic E-state index is -1.64. The third-order valence-corrected chi connectivity index (χ3v) is 6.13. The normalized spacial score (nSPS) is 12.7. The molecule has 3 aromatic rings. The van der Waals surface area contributed by atoms with Gasteiger partial charge < -0.3 is 10.8 Å². The number of rotatable bonds is 7. The summed E-state index contributed by atoms with van der Waals surface area (Å²) in [6.07, 6.45) is 3.40. The lowest BCUT2D eigenvalue weighted by atomic mass is 10.1. The summed E-state index contributed by atoms with van der Waals surface area (Å²) in [5.74, 6) is -1.05. The van der Waals surface area contributed by atoms with Crippen LogP contribution in [-0.2, 0) is 22.2 Å². The zero-order valence-corrected chi connectivity index (χ0v) is 16.8. The smallest absolute Gasteiger partial charge is 0.321 e. The first-order chi connectivity index (χ1) is 13.0. The number of hydrogen-bond donors (Lipinski definition) is 3. The highest BCUT2D eigenvalue weighted by Gasteiger charge is 2.22. The highest BCUT2D eigenvalue weighted by atomic mass is 35.5. The van der Waals surface area contributed by atoms with Gasteiger partial charge in [-0.15, -0.1) is 11.3 Å². The Morgan fingerprint density at radius 1 is 1.33 bits per heavy atom. The molecule has 0 aliphatic rings. The quantitative estimate of drug-likeness (QED) is 0.537. The predicted octanol–water partition coefficient (Wildman–Crippen LogP) is 2.47. The first kappa shape index (κ1) is 21.3. The predicted molar refractivity (Wildman–Crippen MR) is 108 cm³/mol. The lowest BCUT2D eigenvalue weighted by molar-refractivity contribution is -0.138. The summed E-state index contributed by atoms with van der Waals surface area (Å²) < 4.78 is 17.3. The van der Waals surface area contributed by atoms with Crippen molar-refractivity contribution in [2.75, 3.05) is 7.05 Å². The molecule has 0 amide bonds. The Hall–Kier alpha value is -2.04. The van der Waals surface area contributed by atoms with Gasteiger partial charge in [0.25, 0.3) is 0 Å². The molecular weight excluding hydrogens is 408 g/mol. The minimum Gasteiger partial charge on any atom is -0.480 e. The van der Waals surface area contributed by atoms with Crippen LogP contribution in [0.4, 0.5) is 0 Å². The van der Waals surface area contributed by atoms with Crippen LogP contribution >= 0.6 is 22.9 Å². The Balaban J connectivity index is 0.00000126. The van der Waals surface area contributed by atoms with Gasteiger partial charge in [-0.05, 0) is 31.2 Å². The number of nitrogens with one attached hydrogen (secondary N) is 1. The lowest BCUT2D eigenvalue weighted by Crippen LogP contribution is -2.39. The molecule has 2 heterocycles. The molecule has 0 radical (unpaired) electrons. The van der Waals surface area contributed by atoms with Crippen LogP contribution in [0.3, 0.4) is 0 Å². The number of nitrogens with zero attached hydrogens (tertiary/aromatic N) is 2. The fraction of sp³-hybridized carbons (Fsp3) is 0.176. The van der Waals surface area contributed by atoms with Crippen molar-refractivity contribution >= 4 is 39.9 Å². The fourth-order valence-electron chi connectivity index (χ4n) is 2.17. The van der Waals surface area contributed by atoms with Crippen molar-refractivity contribution in [2.24, 2.45) is 5.73 Å². The number of benzene rings is 1. The van der Waals surface area contributed by atoms with E-state index in [2.05, 4.69) is 15.6 Å². The summed E-state index contributed by atoms with van der Waals surface area (Å²) in [7, 11) is -0.140. The molecule has 0 saturated carbocycles. The number of carboxylic acid groups (broad SMARTS) is 1. The van der Waals surface area contributed by atoms with Gasteiger partial charge in [-0.25, -0.2) is 13.6 Å². The number of hydrogen-bond acceptors (Lipinski definition) is 5. The van der Waals surface area contributed by atoms with Gasteiger partial charge in [-0.2, -0.15) is 5.10 Å². The van der Waals surface area contributed by atoms with E-state index in [0.29, 0.717) is 9.23 Å². The summed E-state index contributed by atoms with van der Waals surface area (Å²) >= 11 is 7.10.